The van der Waals surface area contributed by atoms with Gasteiger partial charge in [-0.15, -0.1) is 0 Å². The highest BCUT2D eigenvalue weighted by molar-refractivity contribution is 7.85. The highest BCUT2D eigenvalue weighted by Crippen LogP contribution is 2.28. The van der Waals surface area contributed by atoms with Crippen molar-refractivity contribution in [3.8, 4) is 0 Å². The minimum absolute atomic E-state index is 0.0142. The lowest BCUT2D eigenvalue weighted by atomic mass is 9.84. The molecule has 0 fully saturated rings. The van der Waals surface area contributed by atoms with E-state index in [0.717, 1.165) is 19.3 Å². The highest BCUT2D eigenvalue weighted by atomic mass is 32.2. The summed E-state index contributed by atoms with van der Waals surface area (Å²) >= 11 is 0. The van der Waals surface area contributed by atoms with Gasteiger partial charge in [0.2, 0.25) is 0 Å². The first-order chi connectivity index (χ1) is 11.0. The van der Waals surface area contributed by atoms with Crippen molar-refractivity contribution in [1.82, 2.24) is 0 Å². The molecule has 3 N–H and O–H groups in total. The molecule has 9 heteroatoms. The molecule has 0 aromatic heterocycles. The molecule has 0 heterocycles. The molecule has 0 aromatic rings. The third-order valence-corrected chi connectivity index (χ3v) is 4.58. The molecule has 0 aromatic carbocycles. The predicted molar refractivity (Wildman–Crippen MR) is 87.1 cm³/mol. The number of hydrogen-bond donors (Lipinski definition) is 3. The van der Waals surface area contributed by atoms with E-state index >= 15 is 0 Å². The van der Waals surface area contributed by atoms with Crippen LogP contribution in [0.15, 0.2) is 0 Å². The zero-order chi connectivity index (χ0) is 18.8. The summed E-state index contributed by atoms with van der Waals surface area (Å²) in [5.74, 6) is -2.99. The van der Waals surface area contributed by atoms with Crippen LogP contribution in [-0.4, -0.2) is 53.1 Å². The van der Waals surface area contributed by atoms with Crippen molar-refractivity contribution in [3.05, 3.63) is 0 Å². The molecule has 0 saturated heterocycles. The normalized spacial score (nSPS) is 15.5. The van der Waals surface area contributed by atoms with E-state index in [1.807, 2.05) is 13.8 Å². The van der Waals surface area contributed by atoms with E-state index in [1.165, 1.54) is 0 Å². The fourth-order valence-corrected chi connectivity index (χ4v) is 2.92. The van der Waals surface area contributed by atoms with E-state index in [9.17, 15) is 23.1 Å². The first kappa shape index (κ1) is 22.8. The standard InChI is InChI=1S/C15H28O8S/c1-3-5-7-12(4-2)10-15(19,11-13(16)17)14(18)23-8-6-9-24(20,21)22/h12,19H,3-11H2,1-2H3,(H,16,17)(H,20,21,22). The Labute approximate surface area is 143 Å². The van der Waals surface area contributed by atoms with Crippen LogP contribution < -0.4 is 0 Å². The second-order valence-electron chi connectivity index (χ2n) is 6.00. The van der Waals surface area contributed by atoms with E-state index in [4.69, 9.17) is 14.4 Å². The number of carboxylic acids is 1. The van der Waals surface area contributed by atoms with E-state index < -0.39 is 39.8 Å². The molecule has 2 atom stereocenters. The van der Waals surface area contributed by atoms with Crippen molar-refractivity contribution in [1.29, 1.82) is 0 Å². The number of hydrogen-bond acceptors (Lipinski definition) is 6. The fourth-order valence-electron chi connectivity index (χ4n) is 2.44. The van der Waals surface area contributed by atoms with Gasteiger partial charge in [-0.1, -0.05) is 39.5 Å². The van der Waals surface area contributed by atoms with Crippen molar-refractivity contribution >= 4 is 22.1 Å². The molecule has 0 amide bonds. The zero-order valence-corrected chi connectivity index (χ0v) is 15.0. The number of carbonyl (C=O) groups is 2. The molecule has 0 aliphatic heterocycles. The van der Waals surface area contributed by atoms with Gasteiger partial charge in [-0.05, 0) is 18.8 Å². The number of rotatable bonds is 13. The molecule has 0 aliphatic rings. The van der Waals surface area contributed by atoms with Gasteiger partial charge >= 0.3 is 11.9 Å². The van der Waals surface area contributed by atoms with Gasteiger partial charge in [0.25, 0.3) is 10.1 Å². The summed E-state index contributed by atoms with van der Waals surface area (Å²) < 4.78 is 34.6. The number of aliphatic carboxylic acids is 1. The van der Waals surface area contributed by atoms with Crippen LogP contribution in [0.5, 0.6) is 0 Å². The van der Waals surface area contributed by atoms with Crippen LogP contribution in [0.1, 0.15) is 58.8 Å². The Kier molecular flexibility index (Phi) is 10.1. The molecule has 0 aliphatic carbocycles. The average molecular weight is 368 g/mol. The Hall–Kier alpha value is -1.19. The quantitative estimate of drug-likeness (QED) is 0.253. The van der Waals surface area contributed by atoms with Crippen LogP contribution in [0, 0.1) is 5.92 Å². The molecule has 0 rings (SSSR count). The Morgan fingerprint density at radius 1 is 1.21 bits per heavy atom. The van der Waals surface area contributed by atoms with Crippen molar-refractivity contribution in [3.63, 3.8) is 0 Å². The molecule has 0 radical (unpaired) electrons. The van der Waals surface area contributed by atoms with Crippen LogP contribution in [-0.2, 0) is 24.4 Å². The molecular weight excluding hydrogens is 340 g/mol. The molecular formula is C15H28O8S. The van der Waals surface area contributed by atoms with E-state index in [0.29, 0.717) is 6.42 Å². The molecule has 24 heavy (non-hydrogen) atoms. The summed E-state index contributed by atoms with van der Waals surface area (Å²) in [6.07, 6.45) is 2.39. The van der Waals surface area contributed by atoms with Crippen LogP contribution in [0.3, 0.4) is 0 Å². The minimum atomic E-state index is -4.16. The summed E-state index contributed by atoms with van der Waals surface area (Å²) in [6.45, 7) is 3.59. The maximum Gasteiger partial charge on any atom is 0.338 e. The number of esters is 1. The largest absolute Gasteiger partial charge is 0.481 e. The molecule has 8 nitrogen and oxygen atoms in total. The number of unbranched alkanes of at least 4 members (excludes halogenated alkanes) is 1. The minimum Gasteiger partial charge on any atom is -0.481 e. The van der Waals surface area contributed by atoms with Gasteiger partial charge in [-0.25, -0.2) is 4.79 Å². The van der Waals surface area contributed by atoms with Crippen LogP contribution >= 0.6 is 0 Å². The van der Waals surface area contributed by atoms with E-state index in [2.05, 4.69) is 0 Å². The van der Waals surface area contributed by atoms with Gasteiger partial charge in [-0.3, -0.25) is 9.35 Å². The highest BCUT2D eigenvalue weighted by Gasteiger charge is 2.41. The topological polar surface area (TPSA) is 138 Å². The lowest BCUT2D eigenvalue weighted by molar-refractivity contribution is -0.173. The maximum atomic E-state index is 12.1. The summed E-state index contributed by atoms with van der Waals surface area (Å²) in [5, 5.41) is 19.4. The maximum absolute atomic E-state index is 12.1. The lowest BCUT2D eigenvalue weighted by Gasteiger charge is -2.28. The van der Waals surface area contributed by atoms with Crippen molar-refractivity contribution in [2.75, 3.05) is 12.4 Å². The van der Waals surface area contributed by atoms with Crippen LogP contribution in [0.25, 0.3) is 0 Å². The third kappa shape index (κ3) is 9.84. The second-order valence-corrected chi connectivity index (χ2v) is 7.57. The van der Waals surface area contributed by atoms with E-state index in [-0.39, 0.29) is 25.4 Å². The SMILES string of the molecule is CCCCC(CC)CC(O)(CC(=O)O)C(=O)OCCCS(=O)(=O)O. The van der Waals surface area contributed by atoms with Gasteiger partial charge in [0, 0.05) is 0 Å². The summed E-state index contributed by atoms with van der Waals surface area (Å²) in [6, 6.07) is 0. The van der Waals surface area contributed by atoms with Gasteiger partial charge in [0.15, 0.2) is 5.60 Å². The Morgan fingerprint density at radius 2 is 1.83 bits per heavy atom. The number of carboxylic acid groups (broad SMARTS) is 1. The molecule has 0 bridgehead atoms. The van der Waals surface area contributed by atoms with Crippen molar-refractivity contribution < 1.29 is 37.5 Å². The van der Waals surface area contributed by atoms with E-state index in [1.54, 1.807) is 0 Å². The first-order valence-corrected chi connectivity index (χ1v) is 9.71. The predicted octanol–water partition coefficient (Wildman–Crippen LogP) is 1.62. The Morgan fingerprint density at radius 3 is 2.29 bits per heavy atom. The zero-order valence-electron chi connectivity index (χ0n) is 14.2. The second kappa shape index (κ2) is 10.6. The summed E-state index contributed by atoms with van der Waals surface area (Å²) in [5.41, 5.74) is -2.14. The third-order valence-electron chi connectivity index (χ3n) is 3.77. The number of carbonyl (C=O) groups excluding carboxylic acids is 1. The van der Waals surface area contributed by atoms with Gasteiger partial charge < -0.3 is 14.9 Å². The lowest BCUT2D eigenvalue weighted by Crippen LogP contribution is -2.44. The number of aliphatic hydroxyl groups is 1. The molecule has 2 unspecified atom stereocenters. The Balaban J connectivity index is 4.80. The first-order valence-electron chi connectivity index (χ1n) is 8.10. The summed E-state index contributed by atoms with van der Waals surface area (Å²) in [4.78, 5) is 23.1. The average Bonchev–Trinajstić information content (AvgIpc) is 2.45. The van der Waals surface area contributed by atoms with Gasteiger partial charge in [-0.2, -0.15) is 8.42 Å². The van der Waals surface area contributed by atoms with Crippen molar-refractivity contribution in [2.45, 2.75) is 64.4 Å². The van der Waals surface area contributed by atoms with Crippen molar-refractivity contribution in [2.24, 2.45) is 5.92 Å². The van der Waals surface area contributed by atoms with Gasteiger partial charge in [0.1, 0.15) is 0 Å². The smallest absolute Gasteiger partial charge is 0.338 e. The monoisotopic (exact) mass is 368 g/mol. The molecule has 0 saturated carbocycles. The van der Waals surface area contributed by atoms with Crippen LogP contribution in [0.2, 0.25) is 0 Å². The summed E-state index contributed by atoms with van der Waals surface area (Å²) in [7, 11) is -4.16. The van der Waals surface area contributed by atoms with Crippen LogP contribution in [0.4, 0.5) is 0 Å². The molecule has 142 valence electrons. The Bertz CT molecular complexity index is 502. The fraction of sp³-hybridized carbons (Fsp3) is 0.867. The molecule has 0 spiro atoms. The van der Waals surface area contributed by atoms with Gasteiger partial charge in [0.05, 0.1) is 18.8 Å². The number of ether oxygens (including phenoxy) is 1.